The largest absolute Gasteiger partial charge is 0.464 e. The normalized spacial score (nSPS) is 13.0. The summed E-state index contributed by atoms with van der Waals surface area (Å²) in [5.74, 6) is -1.22. The molecule has 0 radical (unpaired) electrons. The summed E-state index contributed by atoms with van der Waals surface area (Å²) in [5.41, 5.74) is 3.67. The van der Waals surface area contributed by atoms with Gasteiger partial charge in [0, 0.05) is 5.56 Å². The second-order valence-electron chi connectivity index (χ2n) is 6.66. The van der Waals surface area contributed by atoms with E-state index < -0.39 is 24.0 Å². The zero-order valence-corrected chi connectivity index (χ0v) is 16.5. The van der Waals surface area contributed by atoms with Crippen LogP contribution in [0.5, 0.6) is 0 Å². The van der Waals surface area contributed by atoms with Gasteiger partial charge in [-0.15, -0.1) is 0 Å². The lowest BCUT2D eigenvalue weighted by molar-refractivity contribution is -0.148. The van der Waals surface area contributed by atoms with Crippen molar-refractivity contribution in [3.8, 4) is 0 Å². The summed E-state index contributed by atoms with van der Waals surface area (Å²) in [6.07, 6.45) is -1.25. The average molecular weight is 393 g/mol. The van der Waals surface area contributed by atoms with E-state index in [4.69, 9.17) is 4.74 Å². The standard InChI is InChI=1S/C22H23N3O4/c1-4-29-22(28)19(20(26)15-8-6-5-7-9-15)25-21(27)16-10-11-17-18(12-16)24-14(3)13(2)23-17/h5-12,19-20,26H,4H2,1-3H3,(H,25,27). The molecule has 1 amide bonds. The van der Waals surface area contributed by atoms with Gasteiger partial charge in [0.2, 0.25) is 0 Å². The summed E-state index contributed by atoms with van der Waals surface area (Å²) in [5, 5.41) is 13.3. The van der Waals surface area contributed by atoms with Crippen molar-refractivity contribution in [3.63, 3.8) is 0 Å². The van der Waals surface area contributed by atoms with E-state index in [1.54, 1.807) is 55.5 Å². The number of benzene rings is 2. The number of esters is 1. The molecule has 1 aromatic heterocycles. The van der Waals surface area contributed by atoms with Crippen LogP contribution in [0.4, 0.5) is 0 Å². The van der Waals surface area contributed by atoms with Gasteiger partial charge in [-0.2, -0.15) is 0 Å². The summed E-state index contributed by atoms with van der Waals surface area (Å²) >= 11 is 0. The van der Waals surface area contributed by atoms with E-state index in [9.17, 15) is 14.7 Å². The van der Waals surface area contributed by atoms with Crippen molar-refractivity contribution in [3.05, 3.63) is 71.0 Å². The van der Waals surface area contributed by atoms with E-state index in [0.717, 1.165) is 11.4 Å². The lowest BCUT2D eigenvalue weighted by Crippen LogP contribution is -2.46. The first-order valence-corrected chi connectivity index (χ1v) is 9.36. The molecule has 2 atom stereocenters. The number of carbonyl (C=O) groups excluding carboxylic acids is 2. The van der Waals surface area contributed by atoms with Gasteiger partial charge in [-0.05, 0) is 44.5 Å². The Hall–Kier alpha value is -3.32. The van der Waals surface area contributed by atoms with Gasteiger partial charge in [-0.1, -0.05) is 30.3 Å². The molecule has 2 N–H and O–H groups in total. The van der Waals surface area contributed by atoms with Gasteiger partial charge in [-0.3, -0.25) is 4.79 Å². The van der Waals surface area contributed by atoms with Gasteiger partial charge in [0.1, 0.15) is 6.10 Å². The number of hydrogen-bond donors (Lipinski definition) is 2. The van der Waals surface area contributed by atoms with Crippen molar-refractivity contribution < 1.29 is 19.4 Å². The van der Waals surface area contributed by atoms with Crippen molar-refractivity contribution in [2.24, 2.45) is 0 Å². The Kier molecular flexibility index (Phi) is 6.19. The molecular weight excluding hydrogens is 370 g/mol. The first-order valence-electron chi connectivity index (χ1n) is 9.36. The molecule has 0 bridgehead atoms. The smallest absolute Gasteiger partial charge is 0.331 e. The first kappa shape index (κ1) is 20.4. The summed E-state index contributed by atoms with van der Waals surface area (Å²) in [4.78, 5) is 34.1. The second-order valence-corrected chi connectivity index (χ2v) is 6.66. The average Bonchev–Trinajstić information content (AvgIpc) is 2.72. The Morgan fingerprint density at radius 3 is 2.34 bits per heavy atom. The first-order chi connectivity index (χ1) is 13.9. The maximum absolute atomic E-state index is 12.8. The maximum atomic E-state index is 12.8. The number of carbonyl (C=O) groups is 2. The topological polar surface area (TPSA) is 101 Å². The highest BCUT2D eigenvalue weighted by Crippen LogP contribution is 2.19. The van der Waals surface area contributed by atoms with Crippen LogP contribution in [-0.2, 0) is 9.53 Å². The molecule has 0 saturated carbocycles. The summed E-state index contributed by atoms with van der Waals surface area (Å²) in [7, 11) is 0. The second kappa shape index (κ2) is 8.79. The van der Waals surface area contributed by atoms with Crippen LogP contribution in [0.1, 0.15) is 40.3 Å². The fourth-order valence-corrected chi connectivity index (χ4v) is 2.94. The predicted octanol–water partition coefficient (Wildman–Crippen LogP) is 2.64. The highest BCUT2D eigenvalue weighted by atomic mass is 16.5. The molecule has 0 aliphatic carbocycles. The monoisotopic (exact) mass is 393 g/mol. The van der Waals surface area contributed by atoms with Gasteiger partial charge < -0.3 is 15.2 Å². The number of rotatable bonds is 6. The summed E-state index contributed by atoms with van der Waals surface area (Å²) in [6.45, 7) is 5.52. The molecule has 7 heteroatoms. The van der Waals surface area contributed by atoms with Crippen LogP contribution in [0.15, 0.2) is 48.5 Å². The molecular formula is C22H23N3O4. The zero-order valence-electron chi connectivity index (χ0n) is 16.5. The lowest BCUT2D eigenvalue weighted by atomic mass is 10.0. The van der Waals surface area contributed by atoms with Gasteiger partial charge in [0.05, 0.1) is 29.0 Å². The van der Waals surface area contributed by atoms with Gasteiger partial charge in [-0.25, -0.2) is 14.8 Å². The Morgan fingerprint density at radius 1 is 1.03 bits per heavy atom. The number of aliphatic hydroxyl groups is 1. The third-order valence-electron chi connectivity index (χ3n) is 4.62. The third-order valence-corrected chi connectivity index (χ3v) is 4.62. The number of fused-ring (bicyclic) bond motifs is 1. The minimum Gasteiger partial charge on any atom is -0.464 e. The van der Waals surface area contributed by atoms with Crippen LogP contribution in [-0.4, -0.2) is 39.6 Å². The fourth-order valence-electron chi connectivity index (χ4n) is 2.94. The van der Waals surface area contributed by atoms with Crippen LogP contribution < -0.4 is 5.32 Å². The van der Waals surface area contributed by atoms with Gasteiger partial charge in [0.25, 0.3) is 5.91 Å². The molecule has 2 aromatic carbocycles. The minimum absolute atomic E-state index is 0.136. The molecule has 3 aromatic rings. The van der Waals surface area contributed by atoms with Crippen molar-refractivity contribution >= 4 is 22.9 Å². The Balaban J connectivity index is 1.88. The highest BCUT2D eigenvalue weighted by Gasteiger charge is 2.31. The van der Waals surface area contributed by atoms with Crippen molar-refractivity contribution in [1.82, 2.24) is 15.3 Å². The Morgan fingerprint density at radius 2 is 1.69 bits per heavy atom. The lowest BCUT2D eigenvalue weighted by Gasteiger charge is -2.23. The minimum atomic E-state index is -1.25. The van der Waals surface area contributed by atoms with E-state index in [-0.39, 0.29) is 6.61 Å². The number of nitrogens with one attached hydrogen (secondary N) is 1. The fraction of sp³-hybridized carbons (Fsp3) is 0.273. The number of nitrogens with zero attached hydrogens (tertiary/aromatic N) is 2. The van der Waals surface area contributed by atoms with E-state index in [1.165, 1.54) is 0 Å². The van der Waals surface area contributed by atoms with Crippen molar-refractivity contribution in [1.29, 1.82) is 0 Å². The van der Waals surface area contributed by atoms with Crippen LogP contribution in [0.2, 0.25) is 0 Å². The Bertz CT molecular complexity index is 1040. The summed E-state index contributed by atoms with van der Waals surface area (Å²) < 4.78 is 5.05. The number of ether oxygens (including phenoxy) is 1. The number of aromatic nitrogens is 2. The predicted molar refractivity (Wildman–Crippen MR) is 108 cm³/mol. The maximum Gasteiger partial charge on any atom is 0.331 e. The summed E-state index contributed by atoms with van der Waals surface area (Å²) in [6, 6.07) is 12.3. The number of hydrogen-bond acceptors (Lipinski definition) is 6. The van der Waals surface area contributed by atoms with Gasteiger partial charge >= 0.3 is 5.97 Å². The third kappa shape index (κ3) is 4.57. The van der Waals surface area contributed by atoms with Gasteiger partial charge in [0.15, 0.2) is 6.04 Å². The zero-order chi connectivity index (χ0) is 21.0. The quantitative estimate of drug-likeness (QED) is 0.625. The molecule has 1 heterocycles. The molecule has 150 valence electrons. The molecule has 2 unspecified atom stereocenters. The van der Waals surface area contributed by atoms with Crippen LogP contribution in [0.3, 0.4) is 0 Å². The number of aliphatic hydroxyl groups excluding tert-OH is 1. The van der Waals surface area contributed by atoms with Crippen LogP contribution in [0.25, 0.3) is 11.0 Å². The van der Waals surface area contributed by atoms with E-state index in [1.807, 2.05) is 13.8 Å². The van der Waals surface area contributed by atoms with E-state index in [0.29, 0.717) is 22.2 Å². The SMILES string of the molecule is CCOC(=O)C(NC(=O)c1ccc2nc(C)c(C)nc2c1)C(O)c1ccccc1. The number of aryl methyl sites for hydroxylation is 2. The van der Waals surface area contributed by atoms with Crippen LogP contribution >= 0.6 is 0 Å². The molecule has 0 spiro atoms. The number of amides is 1. The van der Waals surface area contributed by atoms with Crippen LogP contribution in [0, 0.1) is 13.8 Å². The van der Waals surface area contributed by atoms with E-state index in [2.05, 4.69) is 15.3 Å². The molecule has 0 saturated heterocycles. The molecule has 0 fully saturated rings. The molecule has 0 aliphatic heterocycles. The Labute approximate surface area is 168 Å². The molecule has 7 nitrogen and oxygen atoms in total. The van der Waals surface area contributed by atoms with Crippen molar-refractivity contribution in [2.45, 2.75) is 32.9 Å². The molecule has 29 heavy (non-hydrogen) atoms. The molecule has 3 rings (SSSR count). The van der Waals surface area contributed by atoms with E-state index >= 15 is 0 Å². The molecule has 0 aliphatic rings. The van der Waals surface area contributed by atoms with Crippen molar-refractivity contribution in [2.75, 3.05) is 6.61 Å². The highest BCUT2D eigenvalue weighted by molar-refractivity contribution is 5.99.